The van der Waals surface area contributed by atoms with Crippen molar-refractivity contribution in [2.75, 3.05) is 32.4 Å². The maximum absolute atomic E-state index is 12.6. The Kier molecular flexibility index (Phi) is 5.44. The van der Waals surface area contributed by atoms with E-state index in [-0.39, 0.29) is 42.6 Å². The Hall–Kier alpha value is -2.82. The van der Waals surface area contributed by atoms with Crippen LogP contribution in [0.15, 0.2) is 45.9 Å². The van der Waals surface area contributed by atoms with E-state index in [2.05, 4.69) is 0 Å². The Morgan fingerprint density at radius 3 is 1.86 bits per heavy atom. The fraction of sp³-hybridized carbons (Fsp3) is 0.333. The molecule has 0 atom stereocenters. The number of alkyl halides is 3. The van der Waals surface area contributed by atoms with E-state index in [9.17, 15) is 31.2 Å². The van der Waals surface area contributed by atoms with Crippen LogP contribution < -0.4 is 0 Å². The number of rotatable bonds is 3. The summed E-state index contributed by atoms with van der Waals surface area (Å²) in [5.41, 5.74) is -0.710. The molecule has 0 radical (unpaired) electrons. The van der Waals surface area contributed by atoms with Crippen LogP contribution in [0.4, 0.5) is 13.2 Å². The van der Waals surface area contributed by atoms with Gasteiger partial charge in [0.2, 0.25) is 14.9 Å². The predicted octanol–water partition coefficient (Wildman–Crippen LogP) is 2.30. The Morgan fingerprint density at radius 1 is 0.897 bits per heavy atom. The van der Waals surface area contributed by atoms with E-state index < -0.39 is 33.4 Å². The summed E-state index contributed by atoms with van der Waals surface area (Å²) < 4.78 is 65.9. The number of benzene rings is 1. The van der Waals surface area contributed by atoms with E-state index in [0.717, 1.165) is 30.5 Å². The molecule has 0 aliphatic carbocycles. The Bertz CT molecular complexity index is 1020. The van der Waals surface area contributed by atoms with Gasteiger partial charge in [-0.2, -0.15) is 13.2 Å². The highest BCUT2D eigenvalue weighted by Gasteiger charge is 2.31. The number of halogens is 3. The molecule has 7 nitrogen and oxygen atoms in total. The van der Waals surface area contributed by atoms with Crippen molar-refractivity contribution >= 4 is 21.7 Å². The van der Waals surface area contributed by atoms with E-state index in [4.69, 9.17) is 4.42 Å². The van der Waals surface area contributed by atoms with E-state index in [1.54, 1.807) is 0 Å². The topological polar surface area (TPSA) is 87.9 Å². The highest BCUT2D eigenvalue weighted by molar-refractivity contribution is 7.90. The average molecular weight is 430 g/mol. The first kappa shape index (κ1) is 20.9. The molecular weight excluding hydrogens is 413 g/mol. The summed E-state index contributed by atoms with van der Waals surface area (Å²) in [5.74, 6) is -1.04. The zero-order chi connectivity index (χ0) is 21.4. The van der Waals surface area contributed by atoms with E-state index in [1.807, 2.05) is 0 Å². The molecule has 3 rings (SSSR count). The van der Waals surface area contributed by atoms with Crippen LogP contribution in [-0.4, -0.2) is 62.5 Å². The van der Waals surface area contributed by atoms with Crippen molar-refractivity contribution in [1.29, 1.82) is 0 Å². The Morgan fingerprint density at radius 2 is 1.41 bits per heavy atom. The Balaban J connectivity index is 1.62. The lowest BCUT2D eigenvalue weighted by Crippen LogP contribution is -2.50. The molecule has 2 heterocycles. The summed E-state index contributed by atoms with van der Waals surface area (Å²) >= 11 is 0. The number of sulfone groups is 1. The summed E-state index contributed by atoms with van der Waals surface area (Å²) in [4.78, 5) is 27.8. The molecule has 1 saturated heterocycles. The van der Waals surface area contributed by atoms with Crippen LogP contribution in [0, 0.1) is 0 Å². The number of nitrogens with zero attached hydrogens (tertiary/aromatic N) is 2. The van der Waals surface area contributed by atoms with E-state index >= 15 is 0 Å². The molecule has 0 spiro atoms. The predicted molar refractivity (Wildman–Crippen MR) is 95.1 cm³/mol. The normalized spacial score (nSPS) is 15.4. The highest BCUT2D eigenvalue weighted by atomic mass is 32.2. The molecular formula is C18H17F3N2O5S. The van der Waals surface area contributed by atoms with Crippen molar-refractivity contribution < 1.29 is 35.6 Å². The second-order valence-electron chi connectivity index (χ2n) is 6.55. The number of carbonyl (C=O) groups is 2. The number of furan rings is 1. The van der Waals surface area contributed by atoms with Crippen molar-refractivity contribution in [1.82, 2.24) is 9.80 Å². The van der Waals surface area contributed by atoms with Crippen LogP contribution in [-0.2, 0) is 16.0 Å². The van der Waals surface area contributed by atoms with Gasteiger partial charge in [0.05, 0.1) is 5.56 Å². The van der Waals surface area contributed by atoms with Crippen molar-refractivity contribution in [3.8, 4) is 0 Å². The van der Waals surface area contributed by atoms with Crippen molar-refractivity contribution in [3.63, 3.8) is 0 Å². The van der Waals surface area contributed by atoms with Crippen molar-refractivity contribution in [3.05, 3.63) is 53.3 Å². The first-order chi connectivity index (χ1) is 13.5. The van der Waals surface area contributed by atoms with Gasteiger partial charge in [-0.3, -0.25) is 9.59 Å². The summed E-state index contributed by atoms with van der Waals surface area (Å²) in [6.07, 6.45) is -3.51. The lowest BCUT2D eigenvalue weighted by atomic mass is 10.1. The van der Waals surface area contributed by atoms with Gasteiger partial charge in [-0.05, 0) is 36.4 Å². The van der Waals surface area contributed by atoms with Crippen LogP contribution in [0.2, 0.25) is 0 Å². The summed E-state index contributed by atoms with van der Waals surface area (Å²) in [5, 5.41) is -0.308. The van der Waals surface area contributed by atoms with Crippen LogP contribution in [0.25, 0.3) is 0 Å². The monoisotopic (exact) mass is 430 g/mol. The molecule has 0 unspecified atom stereocenters. The third kappa shape index (κ3) is 4.61. The summed E-state index contributed by atoms with van der Waals surface area (Å²) in [6, 6.07) is 6.43. The molecule has 2 aromatic rings. The van der Waals surface area contributed by atoms with Crippen molar-refractivity contribution in [2.45, 2.75) is 11.3 Å². The maximum atomic E-state index is 12.6. The van der Waals surface area contributed by atoms with E-state index in [0.29, 0.717) is 0 Å². The van der Waals surface area contributed by atoms with Gasteiger partial charge < -0.3 is 14.2 Å². The van der Waals surface area contributed by atoms with Gasteiger partial charge in [-0.25, -0.2) is 8.42 Å². The number of hydrogen-bond donors (Lipinski definition) is 0. The molecule has 29 heavy (non-hydrogen) atoms. The zero-order valence-electron chi connectivity index (χ0n) is 15.3. The molecule has 1 aliphatic rings. The lowest BCUT2D eigenvalue weighted by Gasteiger charge is -2.34. The zero-order valence-corrected chi connectivity index (χ0v) is 16.1. The largest absolute Gasteiger partial charge is 0.440 e. The van der Waals surface area contributed by atoms with Gasteiger partial charge in [-0.1, -0.05) is 0 Å². The second kappa shape index (κ2) is 7.54. The minimum Gasteiger partial charge on any atom is -0.440 e. The third-order valence-corrected chi connectivity index (χ3v) is 5.42. The number of amides is 2. The van der Waals surface area contributed by atoms with Crippen LogP contribution in [0.5, 0.6) is 0 Å². The molecule has 1 fully saturated rings. The molecule has 2 amide bonds. The van der Waals surface area contributed by atoms with Gasteiger partial charge in [0.15, 0.2) is 5.76 Å². The van der Waals surface area contributed by atoms with Crippen LogP contribution >= 0.6 is 0 Å². The van der Waals surface area contributed by atoms with Gasteiger partial charge in [-0.15, -0.1) is 0 Å². The maximum Gasteiger partial charge on any atom is 0.416 e. The SMILES string of the molecule is CS(=O)(=O)c1ccc(C(=O)N2CCN(C(=O)c3ccc(C(F)(F)F)cc3)CC2)o1. The van der Waals surface area contributed by atoms with E-state index in [1.165, 1.54) is 21.9 Å². The summed E-state index contributed by atoms with van der Waals surface area (Å²) in [6.45, 7) is 0.733. The molecule has 1 aromatic heterocycles. The molecule has 11 heteroatoms. The van der Waals surface area contributed by atoms with Crippen molar-refractivity contribution in [2.24, 2.45) is 0 Å². The number of hydrogen-bond acceptors (Lipinski definition) is 5. The summed E-state index contributed by atoms with van der Waals surface area (Å²) in [7, 11) is -3.57. The minimum atomic E-state index is -4.48. The molecule has 0 bridgehead atoms. The molecule has 0 N–H and O–H groups in total. The van der Waals surface area contributed by atoms with Gasteiger partial charge in [0.25, 0.3) is 11.8 Å². The third-order valence-electron chi connectivity index (χ3n) is 4.47. The molecule has 156 valence electrons. The molecule has 1 aliphatic heterocycles. The molecule has 1 aromatic carbocycles. The number of piperazine rings is 1. The first-order valence-electron chi connectivity index (χ1n) is 8.52. The Labute approximate surface area is 164 Å². The average Bonchev–Trinajstić information content (AvgIpc) is 3.17. The van der Waals surface area contributed by atoms with Gasteiger partial charge >= 0.3 is 6.18 Å². The molecule has 0 saturated carbocycles. The van der Waals surface area contributed by atoms with Crippen LogP contribution in [0.3, 0.4) is 0 Å². The lowest BCUT2D eigenvalue weighted by molar-refractivity contribution is -0.137. The van der Waals surface area contributed by atoms with Gasteiger partial charge in [0.1, 0.15) is 0 Å². The quantitative estimate of drug-likeness (QED) is 0.746. The second-order valence-corrected chi connectivity index (χ2v) is 8.50. The fourth-order valence-electron chi connectivity index (χ4n) is 2.89. The number of carbonyl (C=O) groups excluding carboxylic acids is 2. The smallest absolute Gasteiger partial charge is 0.416 e. The standard InChI is InChI=1S/C18H17F3N2O5S/c1-29(26,27)15-7-6-14(28-15)17(25)23-10-8-22(9-11-23)16(24)12-2-4-13(5-3-12)18(19,20)21/h2-7H,8-11H2,1H3. The highest BCUT2D eigenvalue weighted by Crippen LogP contribution is 2.29. The van der Waals surface area contributed by atoms with Gasteiger partial charge in [0, 0.05) is 38.0 Å². The van der Waals surface area contributed by atoms with Crippen LogP contribution in [0.1, 0.15) is 26.5 Å². The minimum absolute atomic E-state index is 0.118. The first-order valence-corrected chi connectivity index (χ1v) is 10.4. The fourth-order valence-corrected chi connectivity index (χ4v) is 3.44.